The van der Waals surface area contributed by atoms with Crippen LogP contribution in [0.4, 0.5) is 0 Å². The summed E-state index contributed by atoms with van der Waals surface area (Å²) < 4.78 is 1.68. The van der Waals surface area contributed by atoms with Crippen molar-refractivity contribution in [3.05, 3.63) is 34.4 Å². The van der Waals surface area contributed by atoms with Gasteiger partial charge in [0, 0.05) is 41.7 Å². The van der Waals surface area contributed by atoms with Crippen molar-refractivity contribution in [2.75, 3.05) is 6.54 Å². The largest absolute Gasteiger partial charge is 0.355 e. The second kappa shape index (κ2) is 9.43. The number of hydrogen-bond donors (Lipinski definition) is 2. The van der Waals surface area contributed by atoms with Crippen molar-refractivity contribution in [1.29, 1.82) is 0 Å². The third-order valence-corrected chi connectivity index (χ3v) is 4.63. The van der Waals surface area contributed by atoms with Crippen LogP contribution < -0.4 is 10.6 Å². The van der Waals surface area contributed by atoms with Crippen molar-refractivity contribution in [3.63, 3.8) is 0 Å². The Kier molecular flexibility index (Phi) is 7.25. The standard InChI is InChI=1S/C20H30N6O2/c1-7-12(2)22-18(27)8-9-21-19(28)11-17-15(5)25-26(16(17)6)20-23-13(3)10-14(4)24-20/h10,12H,7-9,11H2,1-6H3,(H,21,28)(H,22,27). The van der Waals surface area contributed by atoms with Gasteiger partial charge in [0.25, 0.3) is 5.95 Å². The lowest BCUT2D eigenvalue weighted by Gasteiger charge is -2.11. The summed E-state index contributed by atoms with van der Waals surface area (Å²) in [4.78, 5) is 33.0. The molecule has 0 aliphatic heterocycles. The van der Waals surface area contributed by atoms with Crippen LogP contribution in [0.1, 0.15) is 55.0 Å². The molecule has 2 N–H and O–H groups in total. The number of nitrogens with zero attached hydrogens (tertiary/aromatic N) is 4. The molecular weight excluding hydrogens is 356 g/mol. The van der Waals surface area contributed by atoms with Crippen LogP contribution in [0.15, 0.2) is 6.07 Å². The van der Waals surface area contributed by atoms with E-state index in [2.05, 4.69) is 25.7 Å². The van der Waals surface area contributed by atoms with E-state index in [0.717, 1.165) is 34.8 Å². The van der Waals surface area contributed by atoms with Gasteiger partial charge in [-0.1, -0.05) is 6.92 Å². The van der Waals surface area contributed by atoms with Crippen molar-refractivity contribution < 1.29 is 9.59 Å². The molecule has 0 radical (unpaired) electrons. The van der Waals surface area contributed by atoms with Crippen molar-refractivity contribution in [1.82, 2.24) is 30.4 Å². The molecule has 1 unspecified atom stereocenters. The highest BCUT2D eigenvalue weighted by Gasteiger charge is 2.17. The molecule has 0 spiro atoms. The predicted octanol–water partition coefficient (Wildman–Crippen LogP) is 1.86. The monoisotopic (exact) mass is 386 g/mol. The van der Waals surface area contributed by atoms with Crippen LogP contribution in [-0.4, -0.2) is 44.1 Å². The molecule has 2 aromatic rings. The van der Waals surface area contributed by atoms with Crippen molar-refractivity contribution in [2.45, 2.75) is 66.8 Å². The lowest BCUT2D eigenvalue weighted by atomic mass is 10.1. The topological polar surface area (TPSA) is 102 Å². The van der Waals surface area contributed by atoms with Crippen LogP contribution in [0.25, 0.3) is 5.95 Å². The number of amides is 2. The van der Waals surface area contributed by atoms with Crippen LogP contribution in [0.3, 0.4) is 0 Å². The Balaban J connectivity index is 2.00. The summed E-state index contributed by atoms with van der Waals surface area (Å²) in [6.45, 7) is 11.9. The Bertz CT molecular complexity index is 838. The Morgan fingerprint density at radius 2 is 1.75 bits per heavy atom. The van der Waals surface area contributed by atoms with E-state index in [1.807, 2.05) is 47.6 Å². The Labute approximate surface area is 166 Å². The Morgan fingerprint density at radius 1 is 1.11 bits per heavy atom. The highest BCUT2D eigenvalue weighted by Crippen LogP contribution is 2.17. The summed E-state index contributed by atoms with van der Waals surface area (Å²) in [5, 5.41) is 10.2. The third kappa shape index (κ3) is 5.61. The van der Waals surface area contributed by atoms with Gasteiger partial charge in [0.2, 0.25) is 11.8 Å². The second-order valence-electron chi connectivity index (χ2n) is 7.17. The number of hydrogen-bond acceptors (Lipinski definition) is 5. The van der Waals surface area contributed by atoms with Gasteiger partial charge in [-0.05, 0) is 47.1 Å². The van der Waals surface area contributed by atoms with E-state index in [4.69, 9.17) is 0 Å². The zero-order valence-corrected chi connectivity index (χ0v) is 17.6. The average molecular weight is 387 g/mol. The first-order chi connectivity index (χ1) is 13.2. The summed E-state index contributed by atoms with van der Waals surface area (Å²) in [5.41, 5.74) is 4.19. The molecule has 2 heterocycles. The first-order valence-electron chi connectivity index (χ1n) is 9.65. The van der Waals surface area contributed by atoms with E-state index in [-0.39, 0.29) is 30.7 Å². The molecule has 28 heavy (non-hydrogen) atoms. The molecule has 8 heteroatoms. The maximum absolute atomic E-state index is 12.3. The molecular formula is C20H30N6O2. The smallest absolute Gasteiger partial charge is 0.251 e. The van der Waals surface area contributed by atoms with E-state index >= 15 is 0 Å². The van der Waals surface area contributed by atoms with Gasteiger partial charge in [-0.25, -0.2) is 14.6 Å². The van der Waals surface area contributed by atoms with Crippen LogP contribution >= 0.6 is 0 Å². The van der Waals surface area contributed by atoms with Gasteiger partial charge in [-0.15, -0.1) is 0 Å². The Morgan fingerprint density at radius 3 is 2.36 bits per heavy atom. The third-order valence-electron chi connectivity index (χ3n) is 4.63. The van der Waals surface area contributed by atoms with Crippen molar-refractivity contribution >= 4 is 11.8 Å². The molecule has 0 aliphatic carbocycles. The number of aryl methyl sites for hydroxylation is 3. The Hall–Kier alpha value is -2.77. The zero-order valence-electron chi connectivity index (χ0n) is 17.6. The molecule has 0 saturated carbocycles. The second-order valence-corrected chi connectivity index (χ2v) is 7.17. The normalized spacial score (nSPS) is 11.9. The van der Waals surface area contributed by atoms with Gasteiger partial charge in [0.15, 0.2) is 0 Å². The number of aromatic nitrogens is 4. The minimum atomic E-state index is -0.136. The molecule has 8 nitrogen and oxygen atoms in total. The molecule has 2 amide bonds. The van der Waals surface area contributed by atoms with E-state index in [9.17, 15) is 9.59 Å². The molecule has 0 saturated heterocycles. The maximum atomic E-state index is 12.3. The summed E-state index contributed by atoms with van der Waals surface area (Å²) >= 11 is 0. The number of carbonyl (C=O) groups is 2. The van der Waals surface area contributed by atoms with Crippen LogP contribution in [-0.2, 0) is 16.0 Å². The molecule has 1 atom stereocenters. The van der Waals surface area contributed by atoms with Gasteiger partial charge in [0.1, 0.15) is 0 Å². The highest BCUT2D eigenvalue weighted by atomic mass is 16.2. The minimum absolute atomic E-state index is 0.0539. The molecule has 152 valence electrons. The minimum Gasteiger partial charge on any atom is -0.355 e. The van der Waals surface area contributed by atoms with Crippen molar-refractivity contribution in [3.8, 4) is 5.95 Å². The molecule has 2 aromatic heterocycles. The lowest BCUT2D eigenvalue weighted by Crippen LogP contribution is -2.35. The van der Waals surface area contributed by atoms with Crippen LogP contribution in [0.5, 0.6) is 0 Å². The van der Waals surface area contributed by atoms with Gasteiger partial charge in [-0.3, -0.25) is 9.59 Å². The fraction of sp³-hybridized carbons (Fsp3) is 0.550. The first kappa shape index (κ1) is 21.5. The highest BCUT2D eigenvalue weighted by molar-refractivity contribution is 5.80. The molecule has 0 aliphatic rings. The van der Waals surface area contributed by atoms with E-state index in [0.29, 0.717) is 12.5 Å². The molecule has 0 fully saturated rings. The maximum Gasteiger partial charge on any atom is 0.251 e. The predicted molar refractivity (Wildman–Crippen MR) is 107 cm³/mol. The van der Waals surface area contributed by atoms with Crippen LogP contribution in [0.2, 0.25) is 0 Å². The summed E-state index contributed by atoms with van der Waals surface area (Å²) in [6.07, 6.45) is 1.35. The van der Waals surface area contributed by atoms with Crippen LogP contribution in [0, 0.1) is 27.7 Å². The zero-order chi connectivity index (χ0) is 20.8. The molecule has 2 rings (SSSR count). The number of nitrogens with one attached hydrogen (secondary N) is 2. The summed E-state index contributed by atoms with van der Waals surface area (Å²) in [6, 6.07) is 2.05. The van der Waals surface area contributed by atoms with E-state index in [1.165, 1.54) is 0 Å². The summed E-state index contributed by atoms with van der Waals surface area (Å²) in [7, 11) is 0. The first-order valence-corrected chi connectivity index (χ1v) is 9.65. The lowest BCUT2D eigenvalue weighted by molar-refractivity contribution is -0.122. The number of carbonyl (C=O) groups excluding carboxylic acids is 2. The van der Waals surface area contributed by atoms with Gasteiger partial charge < -0.3 is 10.6 Å². The fourth-order valence-corrected chi connectivity index (χ4v) is 2.92. The molecule has 0 aromatic carbocycles. The quantitative estimate of drug-likeness (QED) is 0.721. The molecule has 0 bridgehead atoms. The average Bonchev–Trinajstić information content (AvgIpc) is 2.89. The summed E-state index contributed by atoms with van der Waals surface area (Å²) in [5.74, 6) is 0.316. The van der Waals surface area contributed by atoms with Crippen molar-refractivity contribution in [2.24, 2.45) is 0 Å². The van der Waals surface area contributed by atoms with Gasteiger partial charge in [-0.2, -0.15) is 5.10 Å². The number of rotatable bonds is 8. The van der Waals surface area contributed by atoms with E-state index in [1.54, 1.807) is 4.68 Å². The van der Waals surface area contributed by atoms with Gasteiger partial charge in [0.05, 0.1) is 12.1 Å². The van der Waals surface area contributed by atoms with Gasteiger partial charge >= 0.3 is 0 Å². The SMILES string of the molecule is CCC(C)NC(=O)CCNC(=O)Cc1c(C)nn(-c2nc(C)cc(C)n2)c1C. The fourth-order valence-electron chi connectivity index (χ4n) is 2.92. The van der Waals surface area contributed by atoms with E-state index < -0.39 is 0 Å².